The van der Waals surface area contributed by atoms with Crippen LogP contribution in [0.25, 0.3) is 0 Å². The van der Waals surface area contributed by atoms with Crippen molar-refractivity contribution in [3.8, 4) is 0 Å². The molecule has 0 atom stereocenters. The summed E-state index contributed by atoms with van der Waals surface area (Å²) in [6.45, 7) is 2.33. The number of aryl methyl sites for hydroxylation is 1. The lowest BCUT2D eigenvalue weighted by Gasteiger charge is -2.36. The van der Waals surface area contributed by atoms with E-state index in [4.69, 9.17) is 16.7 Å². The summed E-state index contributed by atoms with van der Waals surface area (Å²) < 4.78 is 0. The van der Waals surface area contributed by atoms with Crippen LogP contribution in [0.2, 0.25) is 5.02 Å². The summed E-state index contributed by atoms with van der Waals surface area (Å²) in [4.78, 5) is 23.9. The molecule has 2 rings (SSSR count). The van der Waals surface area contributed by atoms with Gasteiger partial charge in [0.2, 0.25) is 0 Å². The van der Waals surface area contributed by atoms with Crippen molar-refractivity contribution in [2.75, 3.05) is 18.4 Å². The standard InChI is InChI=1S/C12H13ClN2O3/c1-7-3-2-4-9(10(7)13)14-12(18)15-5-8(6-15)11(16)17/h2-4,8H,5-6H2,1H3,(H,14,18)(H,16,17). The van der Waals surface area contributed by atoms with Gasteiger partial charge in [-0.15, -0.1) is 0 Å². The molecular weight excluding hydrogens is 256 g/mol. The number of benzene rings is 1. The molecule has 0 bridgehead atoms. The lowest BCUT2D eigenvalue weighted by molar-refractivity contribution is -0.145. The van der Waals surface area contributed by atoms with Crippen LogP contribution in [-0.4, -0.2) is 35.1 Å². The van der Waals surface area contributed by atoms with Gasteiger partial charge in [0.15, 0.2) is 0 Å². The van der Waals surface area contributed by atoms with Gasteiger partial charge >= 0.3 is 12.0 Å². The van der Waals surface area contributed by atoms with E-state index in [1.54, 1.807) is 12.1 Å². The van der Waals surface area contributed by atoms with E-state index in [-0.39, 0.29) is 19.1 Å². The molecule has 0 spiro atoms. The molecule has 2 N–H and O–H groups in total. The number of halogens is 1. The smallest absolute Gasteiger partial charge is 0.321 e. The summed E-state index contributed by atoms with van der Waals surface area (Å²) in [6.07, 6.45) is 0. The van der Waals surface area contributed by atoms with E-state index in [1.165, 1.54) is 4.90 Å². The van der Waals surface area contributed by atoms with Crippen molar-refractivity contribution in [3.63, 3.8) is 0 Å². The molecule has 1 heterocycles. The number of likely N-dealkylation sites (tertiary alicyclic amines) is 1. The van der Waals surface area contributed by atoms with Crippen LogP contribution in [0, 0.1) is 12.8 Å². The first-order chi connectivity index (χ1) is 8.49. The third kappa shape index (κ3) is 2.41. The number of carbonyl (C=O) groups excluding carboxylic acids is 1. The van der Waals surface area contributed by atoms with Crippen LogP contribution < -0.4 is 5.32 Å². The number of aliphatic carboxylic acids is 1. The molecule has 96 valence electrons. The number of anilines is 1. The summed E-state index contributed by atoms with van der Waals surface area (Å²) in [5.74, 6) is -1.32. The topological polar surface area (TPSA) is 69.6 Å². The quantitative estimate of drug-likeness (QED) is 0.864. The summed E-state index contributed by atoms with van der Waals surface area (Å²) in [6, 6.07) is 5.04. The lowest BCUT2D eigenvalue weighted by atomic mass is 10.0. The summed E-state index contributed by atoms with van der Waals surface area (Å²) >= 11 is 6.05. The normalized spacial score (nSPS) is 15.1. The van der Waals surface area contributed by atoms with E-state index in [0.717, 1.165) is 5.56 Å². The second kappa shape index (κ2) is 4.86. The molecule has 6 heteroatoms. The number of nitrogens with zero attached hydrogens (tertiary/aromatic N) is 1. The Bertz CT molecular complexity index is 498. The highest BCUT2D eigenvalue weighted by molar-refractivity contribution is 6.34. The Balaban J connectivity index is 1.97. The predicted octanol–water partition coefficient (Wildman–Crippen LogP) is 2.20. The molecule has 1 aliphatic heterocycles. The Morgan fingerprint density at radius 2 is 2.11 bits per heavy atom. The van der Waals surface area contributed by atoms with Gasteiger partial charge in [0.25, 0.3) is 0 Å². The van der Waals surface area contributed by atoms with Gasteiger partial charge in [-0.2, -0.15) is 0 Å². The van der Waals surface area contributed by atoms with Gasteiger partial charge in [0.1, 0.15) is 0 Å². The second-order valence-corrected chi connectivity index (χ2v) is 4.68. The van der Waals surface area contributed by atoms with Crippen molar-refractivity contribution in [1.82, 2.24) is 4.90 Å². The van der Waals surface area contributed by atoms with Crippen molar-refractivity contribution in [3.05, 3.63) is 28.8 Å². The van der Waals surface area contributed by atoms with Crippen LogP contribution in [0.5, 0.6) is 0 Å². The summed E-state index contributed by atoms with van der Waals surface area (Å²) in [7, 11) is 0. The van der Waals surface area contributed by atoms with Gasteiger partial charge in [0, 0.05) is 13.1 Å². The molecule has 1 fully saturated rings. The van der Waals surface area contributed by atoms with Gasteiger partial charge < -0.3 is 15.3 Å². The second-order valence-electron chi connectivity index (χ2n) is 4.31. The van der Waals surface area contributed by atoms with Crippen molar-refractivity contribution in [2.45, 2.75) is 6.92 Å². The average molecular weight is 269 g/mol. The van der Waals surface area contributed by atoms with Gasteiger partial charge in [-0.05, 0) is 18.6 Å². The van der Waals surface area contributed by atoms with Crippen molar-refractivity contribution in [1.29, 1.82) is 0 Å². The molecule has 0 unspecified atom stereocenters. The van der Waals surface area contributed by atoms with Gasteiger partial charge in [-0.1, -0.05) is 23.7 Å². The molecule has 1 saturated heterocycles. The van der Waals surface area contributed by atoms with Crippen LogP contribution in [0.3, 0.4) is 0 Å². The van der Waals surface area contributed by atoms with E-state index >= 15 is 0 Å². The molecule has 0 aromatic heterocycles. The number of hydrogen-bond acceptors (Lipinski definition) is 2. The Hall–Kier alpha value is -1.75. The maximum atomic E-state index is 11.8. The number of urea groups is 1. The van der Waals surface area contributed by atoms with Gasteiger partial charge in [-0.25, -0.2) is 4.79 Å². The zero-order valence-electron chi connectivity index (χ0n) is 9.81. The summed E-state index contributed by atoms with van der Waals surface area (Å²) in [5, 5.41) is 11.9. The zero-order valence-corrected chi connectivity index (χ0v) is 10.6. The van der Waals surface area contributed by atoms with Crippen molar-refractivity contribution >= 4 is 29.3 Å². The summed E-state index contributed by atoms with van der Waals surface area (Å²) in [5.41, 5.74) is 1.42. The Morgan fingerprint density at radius 3 is 2.72 bits per heavy atom. The first-order valence-corrected chi connectivity index (χ1v) is 5.90. The minimum absolute atomic E-state index is 0.241. The highest BCUT2D eigenvalue weighted by Crippen LogP contribution is 2.26. The van der Waals surface area contributed by atoms with E-state index < -0.39 is 11.9 Å². The third-order valence-electron chi connectivity index (χ3n) is 2.95. The van der Waals surface area contributed by atoms with Crippen LogP contribution in [-0.2, 0) is 4.79 Å². The van der Waals surface area contributed by atoms with Crippen molar-refractivity contribution in [2.24, 2.45) is 5.92 Å². The number of amides is 2. The fraction of sp³-hybridized carbons (Fsp3) is 0.333. The van der Waals surface area contributed by atoms with Crippen LogP contribution in [0.15, 0.2) is 18.2 Å². The first kappa shape index (κ1) is 12.7. The monoisotopic (exact) mass is 268 g/mol. The third-order valence-corrected chi connectivity index (χ3v) is 3.45. The molecule has 18 heavy (non-hydrogen) atoms. The Labute approximate surface area is 109 Å². The molecule has 1 aromatic rings. The fourth-order valence-electron chi connectivity index (χ4n) is 1.74. The minimum Gasteiger partial charge on any atom is -0.481 e. The number of carbonyl (C=O) groups is 2. The highest BCUT2D eigenvalue weighted by atomic mass is 35.5. The van der Waals surface area contributed by atoms with Crippen LogP contribution in [0.1, 0.15) is 5.56 Å². The molecule has 5 nitrogen and oxygen atoms in total. The number of carboxylic acid groups (broad SMARTS) is 1. The SMILES string of the molecule is Cc1cccc(NC(=O)N2CC(C(=O)O)C2)c1Cl. The Kier molecular flexibility index (Phi) is 3.43. The lowest BCUT2D eigenvalue weighted by Crippen LogP contribution is -2.54. The largest absolute Gasteiger partial charge is 0.481 e. The van der Waals surface area contributed by atoms with E-state index in [0.29, 0.717) is 10.7 Å². The van der Waals surface area contributed by atoms with Crippen molar-refractivity contribution < 1.29 is 14.7 Å². The zero-order chi connectivity index (χ0) is 13.3. The maximum absolute atomic E-state index is 11.8. The van der Waals surface area contributed by atoms with Gasteiger partial charge in [-0.3, -0.25) is 4.79 Å². The fourth-order valence-corrected chi connectivity index (χ4v) is 1.91. The maximum Gasteiger partial charge on any atom is 0.321 e. The number of hydrogen-bond donors (Lipinski definition) is 2. The van der Waals surface area contributed by atoms with E-state index in [1.807, 2.05) is 13.0 Å². The van der Waals surface area contributed by atoms with Crippen LogP contribution in [0.4, 0.5) is 10.5 Å². The molecule has 1 aromatic carbocycles. The number of nitrogens with one attached hydrogen (secondary N) is 1. The average Bonchev–Trinajstić information content (AvgIpc) is 2.22. The molecule has 0 radical (unpaired) electrons. The minimum atomic E-state index is -0.868. The molecule has 0 aliphatic carbocycles. The highest BCUT2D eigenvalue weighted by Gasteiger charge is 2.35. The molecular formula is C12H13ClN2O3. The number of rotatable bonds is 2. The predicted molar refractivity (Wildman–Crippen MR) is 67.9 cm³/mol. The van der Waals surface area contributed by atoms with E-state index in [2.05, 4.69) is 5.32 Å². The Morgan fingerprint density at radius 1 is 1.44 bits per heavy atom. The first-order valence-electron chi connectivity index (χ1n) is 5.53. The number of carboxylic acids is 1. The molecule has 1 aliphatic rings. The van der Waals surface area contributed by atoms with Gasteiger partial charge in [0.05, 0.1) is 16.6 Å². The molecule has 0 saturated carbocycles. The molecule has 2 amide bonds. The van der Waals surface area contributed by atoms with Crippen LogP contribution >= 0.6 is 11.6 Å². The van der Waals surface area contributed by atoms with E-state index in [9.17, 15) is 9.59 Å².